The van der Waals surface area contributed by atoms with Gasteiger partial charge in [-0.05, 0) is 18.3 Å². The van der Waals surface area contributed by atoms with Crippen molar-refractivity contribution in [3.05, 3.63) is 0 Å². The Hall–Kier alpha value is -1.14. The number of carbonyl (C=O) groups is 2. The van der Waals surface area contributed by atoms with E-state index >= 15 is 0 Å². The molecule has 1 saturated heterocycles. The van der Waals surface area contributed by atoms with E-state index in [0.29, 0.717) is 31.0 Å². The molecule has 0 bridgehead atoms. The molecular formula is C19H38N4O2. The van der Waals surface area contributed by atoms with Crippen molar-refractivity contribution in [1.82, 2.24) is 20.4 Å². The van der Waals surface area contributed by atoms with Gasteiger partial charge >= 0.3 is 0 Å². The van der Waals surface area contributed by atoms with Crippen molar-refractivity contribution in [3.63, 3.8) is 0 Å². The first-order valence-electron chi connectivity index (χ1n) is 9.81. The Morgan fingerprint density at radius 2 is 1.52 bits per heavy atom. The number of carbonyl (C=O) groups excluding carboxylic acids is 2. The molecule has 1 atom stereocenters. The molecule has 1 heterocycles. The van der Waals surface area contributed by atoms with Crippen molar-refractivity contribution in [3.8, 4) is 0 Å². The zero-order chi connectivity index (χ0) is 18.8. The molecular weight excluding hydrogens is 316 g/mol. The maximum Gasteiger partial charge on any atom is 0.234 e. The molecule has 1 aliphatic heterocycles. The molecule has 0 saturated carbocycles. The monoisotopic (exact) mass is 354 g/mol. The largest absolute Gasteiger partial charge is 0.355 e. The molecule has 0 radical (unpaired) electrons. The Kier molecular flexibility index (Phi) is 10.0. The lowest BCUT2D eigenvalue weighted by atomic mass is 10.1. The highest BCUT2D eigenvalue weighted by Crippen LogP contribution is 2.14. The summed E-state index contributed by atoms with van der Waals surface area (Å²) >= 11 is 0. The zero-order valence-electron chi connectivity index (χ0n) is 16.8. The van der Waals surface area contributed by atoms with Gasteiger partial charge in [-0.3, -0.25) is 19.4 Å². The molecule has 0 aromatic rings. The number of amides is 2. The molecule has 0 aromatic heterocycles. The van der Waals surface area contributed by atoms with Crippen molar-refractivity contribution in [1.29, 1.82) is 0 Å². The molecule has 0 aromatic carbocycles. The lowest BCUT2D eigenvalue weighted by molar-refractivity contribution is -0.126. The summed E-state index contributed by atoms with van der Waals surface area (Å²) in [5.74, 6) is 1.15. The average molecular weight is 355 g/mol. The third-order valence-electron chi connectivity index (χ3n) is 4.44. The van der Waals surface area contributed by atoms with Crippen molar-refractivity contribution in [2.24, 2.45) is 11.8 Å². The Labute approximate surface area is 153 Å². The van der Waals surface area contributed by atoms with E-state index in [9.17, 15) is 9.59 Å². The standard InChI is InChI=1S/C19H38N4O2/c1-6-7-17-12-22(13-18(24)20-10-15(2)3)8-9-23(17)14-19(25)21-11-16(4)5/h15-17H,6-14H2,1-5H3,(H,20,24)(H,21,25)/t17-/m1/s1. The molecule has 25 heavy (non-hydrogen) atoms. The summed E-state index contributed by atoms with van der Waals surface area (Å²) < 4.78 is 0. The summed E-state index contributed by atoms with van der Waals surface area (Å²) in [6.45, 7) is 15.5. The van der Waals surface area contributed by atoms with Gasteiger partial charge in [0.25, 0.3) is 0 Å². The van der Waals surface area contributed by atoms with E-state index in [-0.39, 0.29) is 11.8 Å². The van der Waals surface area contributed by atoms with E-state index in [0.717, 1.165) is 45.6 Å². The van der Waals surface area contributed by atoms with Crippen LogP contribution in [0.5, 0.6) is 0 Å². The lowest BCUT2D eigenvalue weighted by Gasteiger charge is -2.41. The number of nitrogens with zero attached hydrogens (tertiary/aromatic N) is 2. The second-order valence-corrected chi connectivity index (χ2v) is 8.04. The maximum absolute atomic E-state index is 12.1. The summed E-state index contributed by atoms with van der Waals surface area (Å²) in [5, 5.41) is 5.99. The van der Waals surface area contributed by atoms with Crippen LogP contribution in [0.4, 0.5) is 0 Å². The maximum atomic E-state index is 12.1. The van der Waals surface area contributed by atoms with Gasteiger partial charge in [0, 0.05) is 38.8 Å². The molecule has 0 spiro atoms. The number of piperazine rings is 1. The Balaban J connectivity index is 2.46. The van der Waals surface area contributed by atoms with Crippen LogP contribution in [0, 0.1) is 11.8 Å². The first-order chi connectivity index (χ1) is 11.8. The zero-order valence-corrected chi connectivity index (χ0v) is 16.8. The van der Waals surface area contributed by atoms with Gasteiger partial charge in [-0.2, -0.15) is 0 Å². The van der Waals surface area contributed by atoms with Crippen molar-refractivity contribution >= 4 is 11.8 Å². The van der Waals surface area contributed by atoms with E-state index in [2.05, 4.69) is 55.1 Å². The first-order valence-corrected chi connectivity index (χ1v) is 9.81. The molecule has 6 heteroatoms. The topological polar surface area (TPSA) is 64.7 Å². The van der Waals surface area contributed by atoms with Crippen LogP contribution in [0.2, 0.25) is 0 Å². The van der Waals surface area contributed by atoms with E-state index in [1.54, 1.807) is 0 Å². The molecule has 0 aliphatic carbocycles. The van der Waals surface area contributed by atoms with Crippen molar-refractivity contribution < 1.29 is 9.59 Å². The average Bonchev–Trinajstić information content (AvgIpc) is 2.53. The summed E-state index contributed by atoms with van der Waals surface area (Å²) in [6.07, 6.45) is 2.14. The van der Waals surface area contributed by atoms with Gasteiger partial charge in [0.15, 0.2) is 0 Å². The van der Waals surface area contributed by atoms with Gasteiger partial charge in [0.2, 0.25) is 11.8 Å². The number of hydrogen-bond acceptors (Lipinski definition) is 4. The highest BCUT2D eigenvalue weighted by Gasteiger charge is 2.28. The van der Waals surface area contributed by atoms with Gasteiger partial charge in [-0.1, -0.05) is 41.0 Å². The van der Waals surface area contributed by atoms with Crippen LogP contribution in [0.1, 0.15) is 47.5 Å². The predicted molar refractivity (Wildman–Crippen MR) is 102 cm³/mol. The second-order valence-electron chi connectivity index (χ2n) is 8.04. The Morgan fingerprint density at radius 3 is 2.04 bits per heavy atom. The van der Waals surface area contributed by atoms with Gasteiger partial charge < -0.3 is 10.6 Å². The Bertz CT molecular complexity index is 412. The molecule has 2 N–H and O–H groups in total. The van der Waals surface area contributed by atoms with Crippen LogP contribution in [0.3, 0.4) is 0 Å². The lowest BCUT2D eigenvalue weighted by Crippen LogP contribution is -2.57. The van der Waals surface area contributed by atoms with Crippen LogP contribution in [0.15, 0.2) is 0 Å². The van der Waals surface area contributed by atoms with Gasteiger partial charge in [-0.15, -0.1) is 0 Å². The third kappa shape index (κ3) is 9.21. The minimum atomic E-state index is 0.104. The molecule has 146 valence electrons. The Morgan fingerprint density at radius 1 is 0.960 bits per heavy atom. The van der Waals surface area contributed by atoms with E-state index in [1.165, 1.54) is 0 Å². The van der Waals surface area contributed by atoms with Crippen molar-refractivity contribution in [2.45, 2.75) is 53.5 Å². The van der Waals surface area contributed by atoms with Gasteiger partial charge in [0.1, 0.15) is 0 Å². The van der Waals surface area contributed by atoms with Crippen LogP contribution in [-0.2, 0) is 9.59 Å². The van der Waals surface area contributed by atoms with E-state index in [1.807, 2.05) is 0 Å². The normalized spacial score (nSPS) is 19.4. The molecule has 1 aliphatic rings. The molecule has 6 nitrogen and oxygen atoms in total. The number of rotatable bonds is 10. The van der Waals surface area contributed by atoms with E-state index < -0.39 is 0 Å². The highest BCUT2D eigenvalue weighted by atomic mass is 16.2. The number of hydrogen-bond donors (Lipinski definition) is 2. The summed E-state index contributed by atoms with van der Waals surface area (Å²) in [7, 11) is 0. The minimum absolute atomic E-state index is 0.104. The van der Waals surface area contributed by atoms with Gasteiger partial charge in [0.05, 0.1) is 13.1 Å². The highest BCUT2D eigenvalue weighted by molar-refractivity contribution is 5.78. The van der Waals surface area contributed by atoms with Crippen molar-refractivity contribution in [2.75, 3.05) is 45.8 Å². The SMILES string of the molecule is CCC[C@@H]1CN(CC(=O)NCC(C)C)CCN1CC(=O)NCC(C)C. The van der Waals surface area contributed by atoms with Crippen LogP contribution in [0.25, 0.3) is 0 Å². The van der Waals surface area contributed by atoms with Crippen LogP contribution >= 0.6 is 0 Å². The summed E-state index contributed by atoms with van der Waals surface area (Å²) in [5.41, 5.74) is 0. The smallest absolute Gasteiger partial charge is 0.234 e. The summed E-state index contributed by atoms with van der Waals surface area (Å²) in [6, 6.07) is 0.349. The van der Waals surface area contributed by atoms with Gasteiger partial charge in [-0.25, -0.2) is 0 Å². The quantitative estimate of drug-likeness (QED) is 0.621. The van der Waals surface area contributed by atoms with E-state index in [4.69, 9.17) is 0 Å². The fourth-order valence-corrected chi connectivity index (χ4v) is 3.05. The first kappa shape index (κ1) is 21.9. The molecule has 1 rings (SSSR count). The third-order valence-corrected chi connectivity index (χ3v) is 4.44. The predicted octanol–water partition coefficient (Wildman–Crippen LogP) is 1.32. The fourth-order valence-electron chi connectivity index (χ4n) is 3.05. The van der Waals surface area contributed by atoms with Crippen LogP contribution < -0.4 is 10.6 Å². The fraction of sp³-hybridized carbons (Fsp3) is 0.895. The number of nitrogens with one attached hydrogen (secondary N) is 2. The molecule has 0 unspecified atom stereocenters. The minimum Gasteiger partial charge on any atom is -0.355 e. The molecule has 1 fully saturated rings. The second kappa shape index (κ2) is 11.5. The summed E-state index contributed by atoms with van der Waals surface area (Å²) in [4.78, 5) is 28.7. The molecule has 2 amide bonds. The van der Waals surface area contributed by atoms with Crippen LogP contribution in [-0.4, -0.2) is 73.5 Å².